The third-order valence-corrected chi connectivity index (χ3v) is 5.18. The Kier molecular flexibility index (Phi) is 6.36. The van der Waals surface area contributed by atoms with Crippen LogP contribution < -0.4 is 15.0 Å². The number of anilines is 1. The van der Waals surface area contributed by atoms with Crippen LogP contribution in [0.2, 0.25) is 5.02 Å². The molecule has 0 bridgehead atoms. The molecule has 8 heteroatoms. The highest BCUT2D eigenvalue weighted by Crippen LogP contribution is 2.30. The first-order valence-electron chi connectivity index (χ1n) is 8.23. The van der Waals surface area contributed by atoms with Crippen molar-refractivity contribution >= 4 is 46.0 Å². The van der Waals surface area contributed by atoms with Gasteiger partial charge in [0.05, 0.1) is 23.6 Å². The van der Waals surface area contributed by atoms with Crippen LogP contribution >= 0.6 is 23.4 Å². The maximum atomic E-state index is 12.2. The summed E-state index contributed by atoms with van der Waals surface area (Å²) in [4.78, 5) is 30.1. The highest BCUT2D eigenvalue weighted by molar-refractivity contribution is 8.14. The molecule has 6 nitrogen and oxygen atoms in total. The Labute approximate surface area is 166 Å². The standard InChI is InChI=1S/C19H18ClN3O3S/c1-26-16-9-5-2-6-13(16)10-21-17(24)12-27-19-22-11-18(25)23(19)15-8-4-3-7-14(15)20/h2-9H,10-12H2,1H3,(H,21,24). The van der Waals surface area contributed by atoms with Gasteiger partial charge >= 0.3 is 0 Å². The van der Waals surface area contributed by atoms with Crippen molar-refractivity contribution in [1.29, 1.82) is 0 Å². The molecule has 3 rings (SSSR count). The molecular formula is C19H18ClN3O3S. The van der Waals surface area contributed by atoms with Gasteiger partial charge in [-0.25, -0.2) is 0 Å². The fraction of sp³-hybridized carbons (Fsp3) is 0.211. The number of carbonyl (C=O) groups is 2. The second-order valence-corrected chi connectivity index (χ2v) is 7.01. The third kappa shape index (κ3) is 4.61. The van der Waals surface area contributed by atoms with Crippen LogP contribution in [-0.2, 0) is 16.1 Å². The summed E-state index contributed by atoms with van der Waals surface area (Å²) in [5, 5.41) is 3.78. The Hall–Kier alpha value is -2.51. The van der Waals surface area contributed by atoms with E-state index in [4.69, 9.17) is 16.3 Å². The summed E-state index contributed by atoms with van der Waals surface area (Å²) in [5.74, 6) is 0.538. The Bertz CT molecular complexity index is 888. The lowest BCUT2D eigenvalue weighted by Crippen LogP contribution is -2.32. The highest BCUT2D eigenvalue weighted by Gasteiger charge is 2.29. The van der Waals surface area contributed by atoms with E-state index in [1.165, 1.54) is 16.7 Å². The number of methoxy groups -OCH3 is 1. The molecular weight excluding hydrogens is 386 g/mol. The highest BCUT2D eigenvalue weighted by atomic mass is 35.5. The van der Waals surface area contributed by atoms with Crippen molar-refractivity contribution in [3.63, 3.8) is 0 Å². The largest absolute Gasteiger partial charge is 0.496 e. The zero-order valence-electron chi connectivity index (χ0n) is 14.6. The van der Waals surface area contributed by atoms with Crippen molar-refractivity contribution in [2.45, 2.75) is 6.54 Å². The van der Waals surface area contributed by atoms with E-state index in [1.807, 2.05) is 24.3 Å². The van der Waals surface area contributed by atoms with Crippen molar-refractivity contribution in [2.24, 2.45) is 4.99 Å². The quantitative estimate of drug-likeness (QED) is 0.804. The minimum Gasteiger partial charge on any atom is -0.496 e. The number of hydrogen-bond donors (Lipinski definition) is 1. The van der Waals surface area contributed by atoms with E-state index >= 15 is 0 Å². The summed E-state index contributed by atoms with van der Waals surface area (Å²) < 4.78 is 5.27. The van der Waals surface area contributed by atoms with E-state index < -0.39 is 0 Å². The summed E-state index contributed by atoms with van der Waals surface area (Å²) in [6.45, 7) is 0.416. The number of carbonyl (C=O) groups excluding carboxylic acids is 2. The van der Waals surface area contributed by atoms with Crippen molar-refractivity contribution in [2.75, 3.05) is 24.3 Å². The van der Waals surface area contributed by atoms with E-state index in [0.29, 0.717) is 22.4 Å². The molecule has 0 aromatic heterocycles. The Morgan fingerprint density at radius 1 is 1.26 bits per heavy atom. The number of nitrogens with zero attached hydrogens (tertiary/aromatic N) is 2. The zero-order chi connectivity index (χ0) is 19.2. The van der Waals surface area contributed by atoms with Crippen LogP contribution in [0, 0.1) is 0 Å². The molecule has 1 N–H and O–H groups in total. The molecule has 0 atom stereocenters. The van der Waals surface area contributed by atoms with Crippen LogP contribution in [-0.4, -0.2) is 36.4 Å². The normalized spacial score (nSPS) is 13.5. The lowest BCUT2D eigenvalue weighted by atomic mass is 10.2. The molecule has 1 aliphatic heterocycles. The number of para-hydroxylation sites is 2. The van der Waals surface area contributed by atoms with Gasteiger partial charge in [-0.3, -0.25) is 19.5 Å². The van der Waals surface area contributed by atoms with Crippen LogP contribution in [0.4, 0.5) is 5.69 Å². The second kappa shape index (κ2) is 8.92. The first-order chi connectivity index (χ1) is 13.1. The molecule has 0 unspecified atom stereocenters. The summed E-state index contributed by atoms with van der Waals surface area (Å²) in [6.07, 6.45) is 0. The lowest BCUT2D eigenvalue weighted by molar-refractivity contribution is -0.118. The number of rotatable bonds is 6. The molecule has 0 aliphatic carbocycles. The predicted octanol–water partition coefficient (Wildman–Crippen LogP) is 3.10. The molecule has 0 spiro atoms. The average molecular weight is 404 g/mol. The van der Waals surface area contributed by atoms with E-state index in [1.54, 1.807) is 31.4 Å². The smallest absolute Gasteiger partial charge is 0.254 e. The van der Waals surface area contributed by atoms with Gasteiger partial charge in [0.25, 0.3) is 5.91 Å². The number of ether oxygens (including phenoxy) is 1. The number of aliphatic imine (C=N–C) groups is 1. The van der Waals surface area contributed by atoms with Gasteiger partial charge in [-0.2, -0.15) is 0 Å². The van der Waals surface area contributed by atoms with Crippen molar-refractivity contribution < 1.29 is 14.3 Å². The lowest BCUT2D eigenvalue weighted by Gasteiger charge is -2.19. The first kappa shape index (κ1) is 19.3. The maximum absolute atomic E-state index is 12.2. The van der Waals surface area contributed by atoms with E-state index in [0.717, 1.165) is 11.3 Å². The van der Waals surface area contributed by atoms with Gasteiger partial charge in [-0.05, 0) is 18.2 Å². The molecule has 0 radical (unpaired) electrons. The van der Waals surface area contributed by atoms with Crippen molar-refractivity contribution in [1.82, 2.24) is 5.32 Å². The van der Waals surface area contributed by atoms with Gasteiger partial charge in [-0.1, -0.05) is 53.7 Å². The van der Waals surface area contributed by atoms with E-state index in [9.17, 15) is 9.59 Å². The van der Waals surface area contributed by atoms with Gasteiger partial charge in [-0.15, -0.1) is 0 Å². The Morgan fingerprint density at radius 3 is 2.78 bits per heavy atom. The number of hydrogen-bond acceptors (Lipinski definition) is 5. The van der Waals surface area contributed by atoms with Gasteiger partial charge in [0.2, 0.25) is 5.91 Å². The number of nitrogens with one attached hydrogen (secondary N) is 1. The molecule has 1 aliphatic rings. The van der Waals surface area contributed by atoms with Crippen LogP contribution in [0.1, 0.15) is 5.56 Å². The summed E-state index contributed by atoms with van der Waals surface area (Å²) in [5.41, 5.74) is 1.46. The minimum absolute atomic E-state index is 0.0520. The monoisotopic (exact) mass is 403 g/mol. The maximum Gasteiger partial charge on any atom is 0.254 e. The van der Waals surface area contributed by atoms with Gasteiger partial charge in [0.1, 0.15) is 12.3 Å². The van der Waals surface area contributed by atoms with E-state index in [2.05, 4.69) is 10.3 Å². The topological polar surface area (TPSA) is 71.0 Å². The molecule has 2 aromatic rings. The molecule has 0 saturated carbocycles. The van der Waals surface area contributed by atoms with Gasteiger partial charge in [0.15, 0.2) is 5.17 Å². The molecule has 140 valence electrons. The second-order valence-electron chi connectivity index (χ2n) is 5.66. The van der Waals surface area contributed by atoms with E-state index in [-0.39, 0.29) is 24.1 Å². The molecule has 27 heavy (non-hydrogen) atoms. The third-order valence-electron chi connectivity index (χ3n) is 3.88. The zero-order valence-corrected chi connectivity index (χ0v) is 16.2. The van der Waals surface area contributed by atoms with Crippen LogP contribution in [0.15, 0.2) is 53.5 Å². The van der Waals surface area contributed by atoms with Gasteiger partial charge in [0, 0.05) is 12.1 Å². The molecule has 2 aromatic carbocycles. The van der Waals surface area contributed by atoms with Crippen molar-refractivity contribution in [3.8, 4) is 5.75 Å². The molecule has 2 amide bonds. The summed E-state index contributed by atoms with van der Waals surface area (Å²) in [7, 11) is 1.59. The SMILES string of the molecule is COc1ccccc1CNC(=O)CSC1=NCC(=O)N1c1ccccc1Cl. The molecule has 0 fully saturated rings. The van der Waals surface area contributed by atoms with Crippen LogP contribution in [0.3, 0.4) is 0 Å². The summed E-state index contributed by atoms with van der Waals surface area (Å²) in [6, 6.07) is 14.6. The fourth-order valence-corrected chi connectivity index (χ4v) is 3.66. The molecule has 1 heterocycles. The van der Waals surface area contributed by atoms with Crippen molar-refractivity contribution in [3.05, 3.63) is 59.1 Å². The Balaban J connectivity index is 1.58. The number of amidine groups is 1. The average Bonchev–Trinajstić information content (AvgIpc) is 3.05. The number of benzene rings is 2. The number of thioether (sulfide) groups is 1. The minimum atomic E-state index is -0.167. The molecule has 0 saturated heterocycles. The first-order valence-corrected chi connectivity index (χ1v) is 9.60. The number of amides is 2. The van der Waals surface area contributed by atoms with Gasteiger partial charge < -0.3 is 10.1 Å². The summed E-state index contributed by atoms with van der Waals surface area (Å²) >= 11 is 7.40. The fourth-order valence-electron chi connectivity index (χ4n) is 2.59. The Morgan fingerprint density at radius 2 is 2.00 bits per heavy atom. The van der Waals surface area contributed by atoms with Crippen LogP contribution in [0.5, 0.6) is 5.75 Å². The predicted molar refractivity (Wildman–Crippen MR) is 109 cm³/mol. The number of halogens is 1. The van der Waals surface area contributed by atoms with Crippen LogP contribution in [0.25, 0.3) is 0 Å².